The summed E-state index contributed by atoms with van der Waals surface area (Å²) >= 11 is 0. The lowest BCUT2D eigenvalue weighted by atomic mass is 9.87. The Labute approximate surface area is 146 Å². The first kappa shape index (κ1) is 17.0. The summed E-state index contributed by atoms with van der Waals surface area (Å²) in [6.45, 7) is 5.27. The number of nitrogens with one attached hydrogen (secondary N) is 1. The Morgan fingerprint density at radius 3 is 1.92 bits per heavy atom. The van der Waals surface area contributed by atoms with Crippen LogP contribution in [-0.4, -0.2) is 23.2 Å². The van der Waals surface area contributed by atoms with E-state index in [-0.39, 0.29) is 0 Å². The summed E-state index contributed by atoms with van der Waals surface area (Å²) in [7, 11) is 0. The highest BCUT2D eigenvalue weighted by Gasteiger charge is 2.35. The summed E-state index contributed by atoms with van der Waals surface area (Å²) in [6, 6.07) is 14.5. The van der Waals surface area contributed by atoms with Gasteiger partial charge in [-0.05, 0) is 16.5 Å². The van der Waals surface area contributed by atoms with Crippen molar-refractivity contribution in [1.82, 2.24) is 5.32 Å². The maximum Gasteiger partial charge on any atom is 0.408 e. The quantitative estimate of drug-likeness (QED) is 0.887. The van der Waals surface area contributed by atoms with Crippen molar-refractivity contribution in [2.75, 3.05) is 0 Å². The predicted molar refractivity (Wildman–Crippen MR) is 94.2 cm³/mol. The number of amides is 1. The van der Waals surface area contributed by atoms with Crippen molar-refractivity contribution in [2.45, 2.75) is 32.9 Å². The average molecular weight is 339 g/mol. The van der Waals surface area contributed by atoms with Gasteiger partial charge in [0.1, 0.15) is 6.04 Å². The van der Waals surface area contributed by atoms with E-state index in [1.165, 1.54) is 0 Å². The number of carboxylic acid groups (broad SMARTS) is 1. The third-order valence-corrected chi connectivity index (χ3v) is 4.38. The molecule has 3 rings (SSSR count). The number of rotatable bonds is 3. The number of alkyl carbamates (subject to hydrolysis) is 1. The third kappa shape index (κ3) is 3.22. The van der Waals surface area contributed by atoms with E-state index < -0.39 is 29.6 Å². The van der Waals surface area contributed by atoms with Gasteiger partial charge in [0, 0.05) is 11.1 Å². The van der Waals surface area contributed by atoms with Crippen molar-refractivity contribution in [3.63, 3.8) is 0 Å². The van der Waals surface area contributed by atoms with E-state index in [0.717, 1.165) is 22.3 Å². The maximum atomic E-state index is 12.4. The van der Waals surface area contributed by atoms with Gasteiger partial charge in [0.2, 0.25) is 0 Å². The van der Waals surface area contributed by atoms with Gasteiger partial charge in [0.15, 0.2) is 6.10 Å². The van der Waals surface area contributed by atoms with Gasteiger partial charge in [-0.15, -0.1) is 0 Å². The first-order chi connectivity index (χ1) is 11.8. The fraction of sp³-hybridized carbons (Fsp3) is 0.300. The number of aliphatic carboxylic acids is 1. The Morgan fingerprint density at radius 2 is 1.48 bits per heavy atom. The fourth-order valence-corrected chi connectivity index (χ4v) is 3.14. The molecular formula is C20H21NO4. The molecule has 0 bridgehead atoms. The Balaban J connectivity index is 1.86. The second-order valence-electron chi connectivity index (χ2n) is 7.24. The lowest BCUT2D eigenvalue weighted by molar-refractivity contribution is -0.142. The largest absolute Gasteiger partial charge is 0.480 e. The number of hydrogen-bond donors (Lipinski definition) is 2. The first-order valence-electron chi connectivity index (χ1n) is 8.17. The SMILES string of the molecule is CC(C)(C)[C@H](NC(=O)OC1c2ccccc2-c2ccccc21)C(=O)O. The molecule has 0 unspecified atom stereocenters. The van der Waals surface area contributed by atoms with E-state index in [1.54, 1.807) is 20.8 Å². The van der Waals surface area contributed by atoms with Crippen LogP contribution in [0, 0.1) is 5.41 Å². The Bertz CT molecular complexity index is 777. The number of fused-ring (bicyclic) bond motifs is 3. The minimum absolute atomic E-state index is 0.540. The van der Waals surface area contributed by atoms with Gasteiger partial charge < -0.3 is 15.2 Å². The lowest BCUT2D eigenvalue weighted by Gasteiger charge is -2.28. The molecule has 0 saturated heterocycles. The minimum atomic E-state index is -1.09. The van der Waals surface area contributed by atoms with Crippen molar-refractivity contribution in [3.05, 3.63) is 59.7 Å². The van der Waals surface area contributed by atoms with E-state index in [9.17, 15) is 14.7 Å². The zero-order chi connectivity index (χ0) is 18.2. The van der Waals surface area contributed by atoms with Crippen molar-refractivity contribution in [1.29, 1.82) is 0 Å². The van der Waals surface area contributed by atoms with Crippen LogP contribution in [0.15, 0.2) is 48.5 Å². The van der Waals surface area contributed by atoms with Crippen LogP contribution in [0.1, 0.15) is 38.0 Å². The molecule has 0 saturated carbocycles. The van der Waals surface area contributed by atoms with Gasteiger partial charge in [-0.1, -0.05) is 69.3 Å². The lowest BCUT2D eigenvalue weighted by Crippen LogP contribution is -2.49. The molecule has 0 fully saturated rings. The average Bonchev–Trinajstić information content (AvgIpc) is 2.86. The number of benzene rings is 2. The molecule has 1 atom stereocenters. The third-order valence-electron chi connectivity index (χ3n) is 4.38. The van der Waals surface area contributed by atoms with E-state index in [1.807, 2.05) is 48.5 Å². The molecule has 0 heterocycles. The number of carbonyl (C=O) groups excluding carboxylic acids is 1. The fourth-order valence-electron chi connectivity index (χ4n) is 3.14. The molecule has 0 spiro atoms. The molecule has 0 aliphatic heterocycles. The molecule has 1 aliphatic carbocycles. The van der Waals surface area contributed by atoms with Crippen molar-refractivity contribution in [3.8, 4) is 11.1 Å². The molecule has 0 aromatic heterocycles. The van der Waals surface area contributed by atoms with E-state index >= 15 is 0 Å². The first-order valence-corrected chi connectivity index (χ1v) is 8.17. The summed E-state index contributed by atoms with van der Waals surface area (Å²) in [4.78, 5) is 23.8. The van der Waals surface area contributed by atoms with Crippen LogP contribution in [0.4, 0.5) is 4.79 Å². The van der Waals surface area contributed by atoms with E-state index in [2.05, 4.69) is 5.32 Å². The van der Waals surface area contributed by atoms with E-state index in [0.29, 0.717) is 0 Å². The molecule has 5 nitrogen and oxygen atoms in total. The summed E-state index contributed by atoms with van der Waals surface area (Å²) < 4.78 is 5.63. The van der Waals surface area contributed by atoms with Crippen LogP contribution in [0.25, 0.3) is 11.1 Å². The Kier molecular flexibility index (Phi) is 4.25. The zero-order valence-corrected chi connectivity index (χ0v) is 14.4. The molecule has 2 aromatic carbocycles. The summed E-state index contributed by atoms with van der Waals surface area (Å²) in [5.41, 5.74) is 3.24. The van der Waals surface area contributed by atoms with Gasteiger partial charge in [0.05, 0.1) is 0 Å². The van der Waals surface area contributed by atoms with E-state index in [4.69, 9.17) is 4.74 Å². The number of hydrogen-bond acceptors (Lipinski definition) is 3. The normalized spacial score (nSPS) is 14.4. The highest BCUT2D eigenvalue weighted by atomic mass is 16.6. The molecule has 130 valence electrons. The number of carboxylic acids is 1. The summed E-state index contributed by atoms with van der Waals surface area (Å²) in [5.74, 6) is -1.09. The highest BCUT2D eigenvalue weighted by Crippen LogP contribution is 2.45. The van der Waals surface area contributed by atoms with Gasteiger partial charge in [-0.2, -0.15) is 0 Å². The highest BCUT2D eigenvalue weighted by molar-refractivity contribution is 5.82. The Morgan fingerprint density at radius 1 is 1.00 bits per heavy atom. The predicted octanol–water partition coefficient (Wildman–Crippen LogP) is 3.98. The Hall–Kier alpha value is -2.82. The molecule has 25 heavy (non-hydrogen) atoms. The molecular weight excluding hydrogens is 318 g/mol. The zero-order valence-electron chi connectivity index (χ0n) is 14.4. The van der Waals surface area contributed by atoms with Crippen LogP contribution < -0.4 is 5.32 Å². The van der Waals surface area contributed by atoms with Crippen LogP contribution in [0.5, 0.6) is 0 Å². The van der Waals surface area contributed by atoms with Crippen LogP contribution in [-0.2, 0) is 9.53 Å². The van der Waals surface area contributed by atoms with Crippen molar-refractivity contribution < 1.29 is 19.4 Å². The standard InChI is InChI=1S/C20H21NO4/c1-20(2,3)17(18(22)23)21-19(24)25-16-14-10-6-4-8-12(14)13-9-5-7-11-15(13)16/h4-11,16-17H,1-3H3,(H,21,24)(H,22,23)/t17-/m1/s1. The summed E-state index contributed by atoms with van der Waals surface area (Å²) in [5, 5.41) is 11.8. The van der Waals surface area contributed by atoms with Gasteiger partial charge >= 0.3 is 12.1 Å². The monoisotopic (exact) mass is 339 g/mol. The van der Waals surface area contributed by atoms with Gasteiger partial charge in [-0.25, -0.2) is 9.59 Å². The number of ether oxygens (including phenoxy) is 1. The molecule has 2 N–H and O–H groups in total. The smallest absolute Gasteiger partial charge is 0.408 e. The second kappa shape index (κ2) is 6.24. The number of carbonyl (C=O) groups is 2. The maximum absolute atomic E-state index is 12.4. The second-order valence-corrected chi connectivity index (χ2v) is 7.24. The molecule has 2 aromatic rings. The molecule has 1 aliphatic rings. The van der Waals surface area contributed by atoms with Crippen molar-refractivity contribution >= 4 is 12.1 Å². The summed E-state index contributed by atoms with van der Waals surface area (Å²) in [6.07, 6.45) is -1.28. The van der Waals surface area contributed by atoms with Crippen LogP contribution in [0.3, 0.4) is 0 Å². The molecule has 0 radical (unpaired) electrons. The van der Waals surface area contributed by atoms with Gasteiger partial charge in [-0.3, -0.25) is 0 Å². The topological polar surface area (TPSA) is 75.6 Å². The molecule has 1 amide bonds. The molecule has 5 heteroatoms. The van der Waals surface area contributed by atoms with Crippen LogP contribution >= 0.6 is 0 Å². The van der Waals surface area contributed by atoms with Crippen LogP contribution in [0.2, 0.25) is 0 Å². The van der Waals surface area contributed by atoms with Crippen molar-refractivity contribution in [2.24, 2.45) is 5.41 Å². The minimum Gasteiger partial charge on any atom is -0.480 e. The van der Waals surface area contributed by atoms with Gasteiger partial charge in [0.25, 0.3) is 0 Å².